The van der Waals surface area contributed by atoms with Crippen LogP contribution in [0.4, 0.5) is 4.79 Å². The summed E-state index contributed by atoms with van der Waals surface area (Å²) in [6.07, 6.45) is 2.90. The first kappa shape index (κ1) is 18.8. The minimum atomic E-state index is -0.602. The van der Waals surface area contributed by atoms with Gasteiger partial charge in [0.1, 0.15) is 5.75 Å². The highest BCUT2D eigenvalue weighted by molar-refractivity contribution is 5.95. The molecule has 2 rings (SSSR count). The molecule has 25 heavy (non-hydrogen) atoms. The van der Waals surface area contributed by atoms with E-state index in [-0.39, 0.29) is 6.03 Å². The molecule has 0 saturated carbocycles. The average molecular weight is 346 g/mol. The van der Waals surface area contributed by atoms with Crippen LogP contribution in [0.15, 0.2) is 35.5 Å². The van der Waals surface area contributed by atoms with E-state index < -0.39 is 12.0 Å². The van der Waals surface area contributed by atoms with Crippen molar-refractivity contribution >= 4 is 12.0 Å². The minimum absolute atomic E-state index is 0.351. The lowest BCUT2D eigenvalue weighted by Gasteiger charge is -2.29. The largest absolute Gasteiger partial charge is 0.494 e. The number of rotatable bonds is 8. The quantitative estimate of drug-likeness (QED) is 0.558. The van der Waals surface area contributed by atoms with Crippen LogP contribution in [0.5, 0.6) is 5.75 Å². The second-order valence-electron chi connectivity index (χ2n) is 5.88. The van der Waals surface area contributed by atoms with Crippen LogP contribution in [0.2, 0.25) is 0 Å². The zero-order chi connectivity index (χ0) is 18.2. The van der Waals surface area contributed by atoms with Crippen molar-refractivity contribution in [1.82, 2.24) is 10.6 Å². The Kier molecular flexibility index (Phi) is 6.86. The monoisotopic (exact) mass is 346 g/mol. The number of amides is 2. The summed E-state index contributed by atoms with van der Waals surface area (Å²) in [5.41, 5.74) is 1.64. The summed E-state index contributed by atoms with van der Waals surface area (Å²) in [7, 11) is 0. The minimum Gasteiger partial charge on any atom is -0.494 e. The van der Waals surface area contributed by atoms with Crippen molar-refractivity contribution in [3.05, 3.63) is 41.1 Å². The highest BCUT2D eigenvalue weighted by Gasteiger charge is 2.33. The molecule has 0 aliphatic carbocycles. The molecular formula is C19H26N2O4. The third kappa shape index (κ3) is 4.75. The van der Waals surface area contributed by atoms with Gasteiger partial charge in [0.25, 0.3) is 0 Å². The van der Waals surface area contributed by atoms with Gasteiger partial charge >= 0.3 is 12.0 Å². The molecule has 1 aromatic carbocycles. The van der Waals surface area contributed by atoms with E-state index in [0.29, 0.717) is 30.2 Å². The lowest BCUT2D eigenvalue weighted by atomic mass is 9.95. The van der Waals surface area contributed by atoms with Gasteiger partial charge in [-0.3, -0.25) is 0 Å². The molecule has 1 aliphatic rings. The summed E-state index contributed by atoms with van der Waals surface area (Å²) in [5, 5.41) is 5.46. The highest BCUT2D eigenvalue weighted by Crippen LogP contribution is 2.33. The zero-order valence-corrected chi connectivity index (χ0v) is 15.1. The predicted octanol–water partition coefficient (Wildman–Crippen LogP) is 3.45. The third-order valence-corrected chi connectivity index (χ3v) is 4.00. The molecule has 0 fully saturated rings. The van der Waals surface area contributed by atoms with Crippen LogP contribution < -0.4 is 15.4 Å². The number of esters is 1. The molecule has 6 heteroatoms. The fourth-order valence-electron chi connectivity index (χ4n) is 2.80. The van der Waals surface area contributed by atoms with E-state index in [9.17, 15) is 9.59 Å². The Morgan fingerprint density at radius 3 is 2.68 bits per heavy atom. The second-order valence-corrected chi connectivity index (χ2v) is 5.88. The summed E-state index contributed by atoms with van der Waals surface area (Å²) < 4.78 is 11.1. The van der Waals surface area contributed by atoms with Gasteiger partial charge in [-0.25, -0.2) is 9.59 Å². The lowest BCUT2D eigenvalue weighted by Crippen LogP contribution is -2.45. The van der Waals surface area contributed by atoms with E-state index >= 15 is 0 Å². The summed E-state index contributed by atoms with van der Waals surface area (Å²) in [5.74, 6) is 0.221. The molecule has 0 aromatic heterocycles. The molecule has 2 amide bonds. The van der Waals surface area contributed by atoms with Crippen LogP contribution in [0, 0.1) is 0 Å². The number of hydrogen-bond acceptors (Lipinski definition) is 4. The van der Waals surface area contributed by atoms with Gasteiger partial charge in [0.2, 0.25) is 0 Å². The van der Waals surface area contributed by atoms with E-state index in [4.69, 9.17) is 9.47 Å². The Balaban J connectivity index is 2.29. The number of urea groups is 1. The van der Waals surface area contributed by atoms with E-state index in [1.807, 2.05) is 31.2 Å². The first-order valence-electron chi connectivity index (χ1n) is 8.75. The first-order valence-corrected chi connectivity index (χ1v) is 8.75. The molecule has 136 valence electrons. The number of benzene rings is 1. The fourth-order valence-corrected chi connectivity index (χ4v) is 2.80. The predicted molar refractivity (Wildman–Crippen MR) is 95.2 cm³/mol. The molecule has 1 aliphatic heterocycles. The Hall–Kier alpha value is -2.50. The van der Waals surface area contributed by atoms with Crippen molar-refractivity contribution in [2.75, 3.05) is 13.2 Å². The topological polar surface area (TPSA) is 76.7 Å². The van der Waals surface area contributed by atoms with Crippen molar-refractivity contribution in [3.8, 4) is 5.75 Å². The van der Waals surface area contributed by atoms with Gasteiger partial charge in [0.15, 0.2) is 0 Å². The fraction of sp³-hybridized carbons (Fsp3) is 0.474. The van der Waals surface area contributed by atoms with Crippen LogP contribution in [0.1, 0.15) is 51.6 Å². The van der Waals surface area contributed by atoms with Gasteiger partial charge in [-0.1, -0.05) is 38.0 Å². The molecule has 0 saturated heterocycles. The molecule has 0 unspecified atom stereocenters. The molecular weight excluding hydrogens is 320 g/mol. The number of para-hydroxylation sites is 1. The van der Waals surface area contributed by atoms with Crippen molar-refractivity contribution in [1.29, 1.82) is 0 Å². The van der Waals surface area contributed by atoms with Crippen molar-refractivity contribution < 1.29 is 19.1 Å². The second kappa shape index (κ2) is 9.11. The maximum atomic E-state index is 12.6. The zero-order valence-electron chi connectivity index (χ0n) is 15.1. The number of carbonyl (C=O) groups excluding carboxylic acids is 2. The van der Waals surface area contributed by atoms with Crippen molar-refractivity contribution in [2.24, 2.45) is 0 Å². The molecule has 1 heterocycles. The van der Waals surface area contributed by atoms with Crippen LogP contribution in [0.25, 0.3) is 0 Å². The Morgan fingerprint density at radius 1 is 1.20 bits per heavy atom. The Morgan fingerprint density at radius 2 is 1.96 bits per heavy atom. The maximum absolute atomic E-state index is 12.6. The standard InChI is InChI=1S/C19H26N2O4/c1-4-6-9-12-25-18(22)16-13(3)20-19(23)21-17(16)14-10-7-8-11-15(14)24-5-2/h7-8,10-11,17H,4-6,9,12H2,1-3H3,(H2,20,21,23)/t17-/m1/s1. The third-order valence-electron chi connectivity index (χ3n) is 4.00. The summed E-state index contributed by atoms with van der Waals surface area (Å²) >= 11 is 0. The van der Waals surface area contributed by atoms with Crippen molar-refractivity contribution in [3.63, 3.8) is 0 Å². The summed E-state index contributed by atoms with van der Waals surface area (Å²) in [6.45, 7) is 6.56. The maximum Gasteiger partial charge on any atom is 0.338 e. The summed E-state index contributed by atoms with van der Waals surface area (Å²) in [4.78, 5) is 24.6. The normalized spacial score (nSPS) is 16.9. The van der Waals surface area contributed by atoms with Crippen LogP contribution in [-0.2, 0) is 9.53 Å². The van der Waals surface area contributed by atoms with E-state index in [2.05, 4.69) is 17.6 Å². The molecule has 0 bridgehead atoms. The summed E-state index contributed by atoms with van der Waals surface area (Å²) in [6, 6.07) is 6.43. The number of nitrogens with one attached hydrogen (secondary N) is 2. The molecule has 1 aromatic rings. The van der Waals surface area contributed by atoms with E-state index in [1.54, 1.807) is 6.92 Å². The number of ether oxygens (including phenoxy) is 2. The van der Waals surface area contributed by atoms with Gasteiger partial charge in [0.05, 0.1) is 24.8 Å². The van der Waals surface area contributed by atoms with Crippen LogP contribution in [-0.4, -0.2) is 25.2 Å². The van der Waals surface area contributed by atoms with E-state index in [1.165, 1.54) is 0 Å². The first-order chi connectivity index (χ1) is 12.1. The number of allylic oxidation sites excluding steroid dienone is 1. The van der Waals surface area contributed by atoms with Gasteiger partial charge < -0.3 is 20.1 Å². The SMILES string of the molecule is CCCCCOC(=O)C1=C(C)NC(=O)N[C@@H]1c1ccccc1OCC. The van der Waals surface area contributed by atoms with Gasteiger partial charge in [-0.15, -0.1) is 0 Å². The number of hydrogen-bond donors (Lipinski definition) is 2. The Bertz CT molecular complexity index is 655. The van der Waals surface area contributed by atoms with Crippen LogP contribution >= 0.6 is 0 Å². The lowest BCUT2D eigenvalue weighted by molar-refractivity contribution is -0.139. The van der Waals surface area contributed by atoms with Gasteiger partial charge in [0, 0.05) is 11.3 Å². The molecule has 0 spiro atoms. The number of unbranched alkanes of at least 4 members (excludes halogenated alkanes) is 2. The molecule has 0 radical (unpaired) electrons. The molecule has 2 N–H and O–H groups in total. The average Bonchev–Trinajstić information content (AvgIpc) is 2.58. The smallest absolute Gasteiger partial charge is 0.338 e. The highest BCUT2D eigenvalue weighted by atomic mass is 16.5. The number of carbonyl (C=O) groups is 2. The molecule has 1 atom stereocenters. The van der Waals surface area contributed by atoms with E-state index in [0.717, 1.165) is 24.8 Å². The Labute approximate surface area is 148 Å². The van der Waals surface area contributed by atoms with Crippen molar-refractivity contribution in [2.45, 2.75) is 46.1 Å². The van der Waals surface area contributed by atoms with Gasteiger partial charge in [-0.2, -0.15) is 0 Å². The van der Waals surface area contributed by atoms with Gasteiger partial charge in [-0.05, 0) is 26.3 Å². The van der Waals surface area contributed by atoms with Crippen LogP contribution in [0.3, 0.4) is 0 Å². The molecule has 6 nitrogen and oxygen atoms in total.